The maximum atomic E-state index is 11.3. The normalized spacial score (nSPS) is 13.9. The Kier molecular flexibility index (Phi) is 5.43. The minimum Gasteiger partial charge on any atom is -0.323 e. The lowest BCUT2D eigenvalue weighted by Crippen LogP contribution is -2.13. The van der Waals surface area contributed by atoms with Crippen LogP contribution in [0.15, 0.2) is 15.9 Å². The molecule has 2 N–H and O–H groups in total. The standard InChI is InChI=1S/C10H16BrNO2S2/c1-2-16(13,14)7-3-4-9(12)10-8(11)5-6-15-10/h5-6,9H,2-4,7,12H2,1H3. The van der Waals surface area contributed by atoms with Crippen LogP contribution in [0.25, 0.3) is 0 Å². The molecule has 0 aliphatic carbocycles. The summed E-state index contributed by atoms with van der Waals surface area (Å²) in [5, 5.41) is 1.97. The highest BCUT2D eigenvalue weighted by atomic mass is 79.9. The highest BCUT2D eigenvalue weighted by molar-refractivity contribution is 9.10. The topological polar surface area (TPSA) is 60.2 Å². The molecule has 0 aliphatic heterocycles. The van der Waals surface area contributed by atoms with Gasteiger partial charge < -0.3 is 5.73 Å². The van der Waals surface area contributed by atoms with E-state index in [-0.39, 0.29) is 17.5 Å². The minimum atomic E-state index is -2.86. The first-order chi connectivity index (χ1) is 7.46. The molecular weight excluding hydrogens is 310 g/mol. The maximum absolute atomic E-state index is 11.3. The van der Waals surface area contributed by atoms with Gasteiger partial charge in [-0.1, -0.05) is 6.92 Å². The third kappa shape index (κ3) is 4.16. The Hall–Kier alpha value is 0.0900. The van der Waals surface area contributed by atoms with Crippen molar-refractivity contribution in [2.24, 2.45) is 5.73 Å². The molecule has 92 valence electrons. The molecule has 0 aromatic carbocycles. The minimum absolute atomic E-state index is 0.0681. The van der Waals surface area contributed by atoms with E-state index >= 15 is 0 Å². The lowest BCUT2D eigenvalue weighted by molar-refractivity contribution is 0.585. The molecule has 1 aromatic rings. The Morgan fingerprint density at radius 1 is 1.56 bits per heavy atom. The fourth-order valence-corrected chi connectivity index (χ4v) is 3.97. The molecule has 1 rings (SSSR count). The van der Waals surface area contributed by atoms with E-state index in [4.69, 9.17) is 5.73 Å². The second-order valence-corrected chi connectivity index (χ2v) is 7.89. The van der Waals surface area contributed by atoms with Gasteiger partial charge in [0.05, 0.1) is 5.75 Å². The zero-order valence-corrected chi connectivity index (χ0v) is 12.4. The van der Waals surface area contributed by atoms with E-state index in [1.807, 2.05) is 11.4 Å². The molecule has 1 unspecified atom stereocenters. The zero-order valence-electron chi connectivity index (χ0n) is 9.15. The largest absolute Gasteiger partial charge is 0.323 e. The average molecular weight is 326 g/mol. The monoisotopic (exact) mass is 325 g/mol. The lowest BCUT2D eigenvalue weighted by Gasteiger charge is -2.10. The summed E-state index contributed by atoms with van der Waals surface area (Å²) in [5.41, 5.74) is 6.00. The molecule has 0 fully saturated rings. The molecule has 0 aliphatic rings. The molecule has 16 heavy (non-hydrogen) atoms. The van der Waals surface area contributed by atoms with Crippen molar-refractivity contribution in [3.05, 3.63) is 20.8 Å². The van der Waals surface area contributed by atoms with Crippen LogP contribution in [0.4, 0.5) is 0 Å². The van der Waals surface area contributed by atoms with Crippen molar-refractivity contribution in [3.8, 4) is 0 Å². The van der Waals surface area contributed by atoms with E-state index in [0.717, 1.165) is 9.35 Å². The van der Waals surface area contributed by atoms with Crippen LogP contribution in [-0.2, 0) is 9.84 Å². The molecule has 1 atom stereocenters. The molecule has 0 radical (unpaired) electrons. The molecule has 0 spiro atoms. The lowest BCUT2D eigenvalue weighted by atomic mass is 10.1. The van der Waals surface area contributed by atoms with E-state index in [0.29, 0.717) is 12.8 Å². The van der Waals surface area contributed by atoms with Gasteiger partial charge in [0, 0.05) is 21.1 Å². The summed E-state index contributed by atoms with van der Waals surface area (Å²) in [5.74, 6) is 0.450. The number of hydrogen-bond donors (Lipinski definition) is 1. The van der Waals surface area contributed by atoms with Gasteiger partial charge in [0.15, 0.2) is 0 Å². The van der Waals surface area contributed by atoms with Crippen LogP contribution in [0, 0.1) is 0 Å². The van der Waals surface area contributed by atoms with E-state index in [1.165, 1.54) is 0 Å². The smallest absolute Gasteiger partial charge is 0.150 e. The van der Waals surface area contributed by atoms with Gasteiger partial charge in [-0.15, -0.1) is 11.3 Å². The van der Waals surface area contributed by atoms with Crippen LogP contribution < -0.4 is 5.73 Å². The molecule has 1 aromatic heterocycles. The van der Waals surface area contributed by atoms with Crippen molar-refractivity contribution in [1.29, 1.82) is 0 Å². The summed E-state index contributed by atoms with van der Waals surface area (Å²) in [4.78, 5) is 1.09. The van der Waals surface area contributed by atoms with Gasteiger partial charge in [-0.25, -0.2) is 8.42 Å². The Labute approximate surface area is 109 Å². The third-order valence-corrected chi connectivity index (χ3v) is 6.18. The zero-order chi connectivity index (χ0) is 12.2. The molecular formula is C10H16BrNO2S2. The summed E-state index contributed by atoms with van der Waals surface area (Å²) < 4.78 is 23.6. The summed E-state index contributed by atoms with van der Waals surface area (Å²) in [7, 11) is -2.86. The number of rotatable bonds is 6. The molecule has 0 amide bonds. The van der Waals surface area contributed by atoms with E-state index < -0.39 is 9.84 Å². The SMILES string of the molecule is CCS(=O)(=O)CCCC(N)c1sccc1Br. The van der Waals surface area contributed by atoms with E-state index in [2.05, 4.69) is 15.9 Å². The highest BCUT2D eigenvalue weighted by Crippen LogP contribution is 2.29. The van der Waals surface area contributed by atoms with Crippen molar-refractivity contribution >= 4 is 37.1 Å². The van der Waals surface area contributed by atoms with Crippen molar-refractivity contribution in [1.82, 2.24) is 0 Å². The van der Waals surface area contributed by atoms with Gasteiger partial charge in [0.1, 0.15) is 9.84 Å². The van der Waals surface area contributed by atoms with Gasteiger partial charge in [0.25, 0.3) is 0 Å². The fourth-order valence-electron chi connectivity index (χ4n) is 1.37. The second kappa shape index (κ2) is 6.14. The number of halogens is 1. The van der Waals surface area contributed by atoms with Crippen LogP contribution >= 0.6 is 27.3 Å². The van der Waals surface area contributed by atoms with Crippen LogP contribution in [0.3, 0.4) is 0 Å². The number of thiophene rings is 1. The summed E-state index contributed by atoms with van der Waals surface area (Å²) >= 11 is 5.02. The average Bonchev–Trinajstić information content (AvgIpc) is 2.64. The molecule has 0 bridgehead atoms. The van der Waals surface area contributed by atoms with E-state index in [9.17, 15) is 8.42 Å². The van der Waals surface area contributed by atoms with Crippen LogP contribution in [0.1, 0.15) is 30.7 Å². The first-order valence-corrected chi connectivity index (χ1v) is 8.64. The molecule has 0 saturated carbocycles. The third-order valence-electron chi connectivity index (χ3n) is 2.39. The Balaban J connectivity index is 2.43. The van der Waals surface area contributed by atoms with Gasteiger partial charge in [-0.3, -0.25) is 0 Å². The summed E-state index contributed by atoms with van der Waals surface area (Å²) in [6.45, 7) is 1.67. The van der Waals surface area contributed by atoms with Crippen LogP contribution in [0.5, 0.6) is 0 Å². The van der Waals surface area contributed by atoms with E-state index in [1.54, 1.807) is 18.3 Å². The number of nitrogens with two attached hydrogens (primary N) is 1. The van der Waals surface area contributed by atoms with Gasteiger partial charge in [-0.2, -0.15) is 0 Å². The second-order valence-electron chi connectivity index (χ2n) is 3.62. The Morgan fingerprint density at radius 3 is 2.75 bits per heavy atom. The quantitative estimate of drug-likeness (QED) is 0.874. The first kappa shape index (κ1) is 14.2. The Bertz CT molecular complexity index is 428. The fraction of sp³-hybridized carbons (Fsp3) is 0.600. The summed E-state index contributed by atoms with van der Waals surface area (Å²) in [6, 6.07) is 1.89. The molecule has 1 heterocycles. The van der Waals surface area contributed by atoms with Crippen molar-refractivity contribution < 1.29 is 8.42 Å². The van der Waals surface area contributed by atoms with Crippen molar-refractivity contribution in [2.45, 2.75) is 25.8 Å². The molecule has 0 saturated heterocycles. The molecule has 3 nitrogen and oxygen atoms in total. The van der Waals surface area contributed by atoms with Gasteiger partial charge in [0.2, 0.25) is 0 Å². The predicted octanol–water partition coefficient (Wildman–Crippen LogP) is 2.73. The Morgan fingerprint density at radius 2 is 2.25 bits per heavy atom. The number of sulfone groups is 1. The van der Waals surface area contributed by atoms with Gasteiger partial charge in [-0.05, 0) is 40.2 Å². The van der Waals surface area contributed by atoms with Crippen molar-refractivity contribution in [3.63, 3.8) is 0 Å². The van der Waals surface area contributed by atoms with Crippen LogP contribution in [-0.4, -0.2) is 19.9 Å². The first-order valence-electron chi connectivity index (χ1n) is 5.15. The number of hydrogen-bond acceptors (Lipinski definition) is 4. The summed E-state index contributed by atoms with van der Waals surface area (Å²) in [6.07, 6.45) is 1.33. The van der Waals surface area contributed by atoms with Gasteiger partial charge >= 0.3 is 0 Å². The van der Waals surface area contributed by atoms with Crippen molar-refractivity contribution in [2.75, 3.05) is 11.5 Å². The highest BCUT2D eigenvalue weighted by Gasteiger charge is 2.13. The van der Waals surface area contributed by atoms with Crippen LogP contribution in [0.2, 0.25) is 0 Å². The maximum Gasteiger partial charge on any atom is 0.150 e. The molecule has 6 heteroatoms. The predicted molar refractivity (Wildman–Crippen MR) is 72.5 cm³/mol.